The second kappa shape index (κ2) is 9.41. The molecule has 2 atom stereocenters. The van der Waals surface area contributed by atoms with E-state index in [1.807, 2.05) is 70.2 Å². The van der Waals surface area contributed by atoms with E-state index >= 15 is 0 Å². The summed E-state index contributed by atoms with van der Waals surface area (Å²) in [6.07, 6.45) is 2.96. The molecule has 2 aromatic rings. The van der Waals surface area contributed by atoms with Crippen molar-refractivity contribution in [3.63, 3.8) is 0 Å². The number of nitrogens with one attached hydrogen (secondary N) is 1. The Morgan fingerprint density at radius 2 is 1.79 bits per heavy atom. The number of hydrogen-bond donors (Lipinski definition) is 1. The molecule has 0 bridgehead atoms. The minimum atomic E-state index is -0.576. The fourth-order valence-electron chi connectivity index (χ4n) is 4.39. The lowest BCUT2D eigenvalue weighted by Crippen LogP contribution is -2.51. The smallest absolute Gasteiger partial charge is 0.410 e. The normalized spacial score (nSPS) is 24.7. The number of aromatic nitrogens is 1. The van der Waals surface area contributed by atoms with Gasteiger partial charge < -0.3 is 19.7 Å². The second-order valence-corrected chi connectivity index (χ2v) is 10.1. The van der Waals surface area contributed by atoms with Gasteiger partial charge in [0.25, 0.3) is 0 Å². The van der Waals surface area contributed by atoms with Crippen LogP contribution in [0.4, 0.5) is 4.79 Å². The Morgan fingerprint density at radius 3 is 2.42 bits per heavy atom. The maximum absolute atomic E-state index is 13.2. The molecule has 7 nitrogen and oxygen atoms in total. The molecule has 1 aromatic carbocycles. The predicted octanol–water partition coefficient (Wildman–Crippen LogP) is 4.07. The molecule has 2 fully saturated rings. The first kappa shape index (κ1) is 23.1. The van der Waals surface area contributed by atoms with Crippen LogP contribution in [0.15, 0.2) is 48.7 Å². The highest BCUT2D eigenvalue weighted by Gasteiger charge is 2.43. The monoisotopic (exact) mass is 451 g/mol. The SMILES string of the molecule is Cc1ccc(OC2CC(NC(=O)[C@@H]3CN(C(=O)OC(C)(C)C)C[C@H]3c3ccccc3)C2)cn1. The Labute approximate surface area is 195 Å². The molecule has 33 heavy (non-hydrogen) atoms. The third-order valence-corrected chi connectivity index (χ3v) is 6.16. The van der Waals surface area contributed by atoms with E-state index in [2.05, 4.69) is 10.3 Å². The maximum Gasteiger partial charge on any atom is 0.410 e. The van der Waals surface area contributed by atoms with E-state index in [0.717, 1.165) is 29.8 Å². The number of hydrogen-bond acceptors (Lipinski definition) is 5. The minimum absolute atomic E-state index is 0.0182. The van der Waals surface area contributed by atoms with Crippen LogP contribution >= 0.6 is 0 Å². The van der Waals surface area contributed by atoms with Crippen LogP contribution in [0, 0.1) is 12.8 Å². The lowest BCUT2D eigenvalue weighted by Gasteiger charge is -2.36. The molecule has 0 radical (unpaired) electrons. The maximum atomic E-state index is 13.2. The molecule has 0 spiro atoms. The van der Waals surface area contributed by atoms with Crippen LogP contribution in [0.2, 0.25) is 0 Å². The number of ether oxygens (including phenoxy) is 2. The number of benzene rings is 1. The molecule has 2 heterocycles. The van der Waals surface area contributed by atoms with Gasteiger partial charge in [-0.1, -0.05) is 30.3 Å². The summed E-state index contributed by atoms with van der Waals surface area (Å²) in [6, 6.07) is 13.8. The Bertz CT molecular complexity index is 965. The molecular formula is C26H33N3O4. The van der Waals surface area contributed by atoms with E-state index in [1.165, 1.54) is 0 Å². The first-order chi connectivity index (χ1) is 15.7. The molecule has 1 N–H and O–H groups in total. The topological polar surface area (TPSA) is 80.8 Å². The fraction of sp³-hybridized carbons (Fsp3) is 0.500. The van der Waals surface area contributed by atoms with Crippen LogP contribution in [0.25, 0.3) is 0 Å². The van der Waals surface area contributed by atoms with Gasteiger partial charge in [-0.3, -0.25) is 9.78 Å². The molecule has 1 aliphatic carbocycles. The molecule has 2 aliphatic rings. The van der Waals surface area contributed by atoms with Crippen molar-refractivity contribution < 1.29 is 19.1 Å². The van der Waals surface area contributed by atoms with Gasteiger partial charge in [0, 0.05) is 43.6 Å². The highest BCUT2D eigenvalue weighted by Crippen LogP contribution is 2.35. The summed E-state index contributed by atoms with van der Waals surface area (Å²) in [5, 5.41) is 3.18. The average Bonchev–Trinajstić information content (AvgIpc) is 3.19. The molecule has 1 aromatic heterocycles. The van der Waals surface area contributed by atoms with Crippen LogP contribution in [-0.4, -0.2) is 52.7 Å². The van der Waals surface area contributed by atoms with E-state index in [4.69, 9.17) is 9.47 Å². The molecular weight excluding hydrogens is 418 g/mol. The van der Waals surface area contributed by atoms with Crippen molar-refractivity contribution in [3.05, 3.63) is 59.9 Å². The van der Waals surface area contributed by atoms with E-state index in [9.17, 15) is 9.59 Å². The third-order valence-electron chi connectivity index (χ3n) is 6.16. The molecule has 2 amide bonds. The van der Waals surface area contributed by atoms with Gasteiger partial charge in [-0.15, -0.1) is 0 Å². The average molecular weight is 452 g/mol. The summed E-state index contributed by atoms with van der Waals surface area (Å²) < 4.78 is 11.5. The van der Waals surface area contributed by atoms with Crippen molar-refractivity contribution >= 4 is 12.0 Å². The van der Waals surface area contributed by atoms with Crippen molar-refractivity contribution in [2.45, 2.75) is 64.2 Å². The molecule has 7 heteroatoms. The zero-order chi connectivity index (χ0) is 23.6. The van der Waals surface area contributed by atoms with Gasteiger partial charge in [0.15, 0.2) is 0 Å². The van der Waals surface area contributed by atoms with E-state index in [1.54, 1.807) is 11.1 Å². The highest BCUT2D eigenvalue weighted by atomic mass is 16.6. The van der Waals surface area contributed by atoms with Crippen LogP contribution in [0.5, 0.6) is 5.75 Å². The van der Waals surface area contributed by atoms with Crippen LogP contribution in [0.1, 0.15) is 50.8 Å². The zero-order valence-electron chi connectivity index (χ0n) is 19.8. The Morgan fingerprint density at radius 1 is 1.06 bits per heavy atom. The standard InChI is InChI=1S/C26H33N3O4/c1-17-10-11-20(14-27-17)32-21-12-19(13-21)28-24(30)23-16-29(25(31)33-26(2,3)4)15-22(23)18-8-6-5-7-9-18/h5-11,14,19,21-23H,12-13,15-16H2,1-4H3,(H,28,30)/t19?,21?,22-,23+/m0/s1. The largest absolute Gasteiger partial charge is 0.489 e. The molecule has 176 valence electrons. The number of nitrogens with zero attached hydrogens (tertiary/aromatic N) is 2. The molecule has 4 rings (SSSR count). The number of carbonyl (C=O) groups is 2. The van der Waals surface area contributed by atoms with Gasteiger partial charge in [0.2, 0.25) is 5.91 Å². The number of likely N-dealkylation sites (tertiary alicyclic amines) is 1. The van der Waals surface area contributed by atoms with Crippen molar-refractivity contribution in [1.29, 1.82) is 0 Å². The Hall–Kier alpha value is -3.09. The highest BCUT2D eigenvalue weighted by molar-refractivity contribution is 5.82. The lowest BCUT2D eigenvalue weighted by atomic mass is 9.85. The third kappa shape index (κ3) is 5.83. The van der Waals surface area contributed by atoms with Gasteiger partial charge in [-0.05, 0) is 45.4 Å². The Kier molecular flexibility index (Phi) is 6.58. The second-order valence-electron chi connectivity index (χ2n) is 10.1. The molecule has 1 saturated heterocycles. The van der Waals surface area contributed by atoms with Gasteiger partial charge in [0.05, 0.1) is 12.1 Å². The summed E-state index contributed by atoms with van der Waals surface area (Å²) in [5.74, 6) is 0.351. The molecule has 1 saturated carbocycles. The van der Waals surface area contributed by atoms with Gasteiger partial charge in [0.1, 0.15) is 17.5 Å². The van der Waals surface area contributed by atoms with Crippen molar-refractivity contribution in [2.75, 3.05) is 13.1 Å². The van der Waals surface area contributed by atoms with E-state index < -0.39 is 5.60 Å². The first-order valence-electron chi connectivity index (χ1n) is 11.6. The number of rotatable bonds is 5. The van der Waals surface area contributed by atoms with Crippen LogP contribution < -0.4 is 10.1 Å². The first-order valence-corrected chi connectivity index (χ1v) is 11.6. The minimum Gasteiger partial charge on any atom is -0.489 e. The number of carbonyl (C=O) groups excluding carboxylic acids is 2. The zero-order valence-corrected chi connectivity index (χ0v) is 19.8. The summed E-state index contributed by atoms with van der Waals surface area (Å²) in [6.45, 7) is 8.30. The van der Waals surface area contributed by atoms with Crippen molar-refractivity contribution in [3.8, 4) is 5.75 Å². The fourth-order valence-corrected chi connectivity index (χ4v) is 4.39. The summed E-state index contributed by atoms with van der Waals surface area (Å²) in [4.78, 5) is 31.8. The molecule has 0 unspecified atom stereocenters. The predicted molar refractivity (Wildman–Crippen MR) is 125 cm³/mol. The quantitative estimate of drug-likeness (QED) is 0.741. The molecule has 1 aliphatic heterocycles. The summed E-state index contributed by atoms with van der Waals surface area (Å²) in [5.41, 5.74) is 1.43. The van der Waals surface area contributed by atoms with Gasteiger partial charge >= 0.3 is 6.09 Å². The summed E-state index contributed by atoms with van der Waals surface area (Å²) >= 11 is 0. The van der Waals surface area contributed by atoms with Gasteiger partial charge in [-0.2, -0.15) is 0 Å². The lowest BCUT2D eigenvalue weighted by molar-refractivity contribution is -0.126. The summed E-state index contributed by atoms with van der Waals surface area (Å²) in [7, 11) is 0. The number of amides is 2. The van der Waals surface area contributed by atoms with Crippen LogP contribution in [-0.2, 0) is 9.53 Å². The number of aryl methyl sites for hydroxylation is 1. The Balaban J connectivity index is 1.36. The van der Waals surface area contributed by atoms with Crippen molar-refractivity contribution in [1.82, 2.24) is 15.2 Å². The van der Waals surface area contributed by atoms with Crippen LogP contribution in [0.3, 0.4) is 0 Å². The van der Waals surface area contributed by atoms with E-state index in [-0.39, 0.29) is 36.0 Å². The van der Waals surface area contributed by atoms with E-state index in [0.29, 0.717) is 13.1 Å². The number of pyridine rings is 1. The van der Waals surface area contributed by atoms with Crippen molar-refractivity contribution in [2.24, 2.45) is 5.92 Å². The van der Waals surface area contributed by atoms with Gasteiger partial charge in [-0.25, -0.2) is 4.79 Å².